The molecule has 9 heteroatoms. The summed E-state index contributed by atoms with van der Waals surface area (Å²) in [4.78, 5) is 6.66. The summed E-state index contributed by atoms with van der Waals surface area (Å²) < 4.78 is 40.2. The van der Waals surface area contributed by atoms with E-state index in [4.69, 9.17) is 0 Å². The standard InChI is InChI=1S/C16H25F3N6/c1-20-15(22-12-5-7-25(8-6-12)13-3-4-13)21-9-11-10-24(2)23-14(11)16(17,18)19/h10,12-13H,3-9H2,1-2H3,(H2,20,21,22). The molecule has 2 heterocycles. The first kappa shape index (κ1) is 18.0. The number of hydrogen-bond acceptors (Lipinski definition) is 3. The van der Waals surface area contributed by atoms with E-state index in [9.17, 15) is 13.2 Å². The molecule has 1 aliphatic heterocycles. The third-order valence-electron chi connectivity index (χ3n) is 4.78. The summed E-state index contributed by atoms with van der Waals surface area (Å²) in [6.07, 6.45) is 1.61. The van der Waals surface area contributed by atoms with Crippen LogP contribution in [0.4, 0.5) is 13.2 Å². The average molecular weight is 358 g/mol. The molecule has 25 heavy (non-hydrogen) atoms. The molecule has 0 bridgehead atoms. The number of aromatic nitrogens is 2. The zero-order valence-corrected chi connectivity index (χ0v) is 14.6. The Morgan fingerprint density at radius 1 is 1.28 bits per heavy atom. The molecule has 0 amide bonds. The van der Waals surface area contributed by atoms with E-state index in [0.29, 0.717) is 12.0 Å². The van der Waals surface area contributed by atoms with Gasteiger partial charge in [0.2, 0.25) is 0 Å². The summed E-state index contributed by atoms with van der Waals surface area (Å²) in [5, 5.41) is 9.82. The molecule has 3 rings (SSSR count). The van der Waals surface area contributed by atoms with Gasteiger partial charge in [0, 0.05) is 57.6 Å². The van der Waals surface area contributed by atoms with E-state index in [0.717, 1.165) is 32.0 Å². The van der Waals surface area contributed by atoms with Gasteiger partial charge in [-0.1, -0.05) is 0 Å². The molecular weight excluding hydrogens is 333 g/mol. The Balaban J connectivity index is 1.51. The zero-order chi connectivity index (χ0) is 18.0. The van der Waals surface area contributed by atoms with Gasteiger partial charge in [0.25, 0.3) is 0 Å². The third kappa shape index (κ3) is 4.65. The van der Waals surface area contributed by atoms with Gasteiger partial charge in [-0.3, -0.25) is 9.67 Å². The van der Waals surface area contributed by atoms with Crippen molar-refractivity contribution in [1.82, 2.24) is 25.3 Å². The minimum atomic E-state index is -4.45. The Morgan fingerprint density at radius 3 is 2.52 bits per heavy atom. The van der Waals surface area contributed by atoms with E-state index >= 15 is 0 Å². The highest BCUT2D eigenvalue weighted by Crippen LogP contribution is 2.30. The highest BCUT2D eigenvalue weighted by Gasteiger charge is 2.37. The predicted octanol–water partition coefficient (Wildman–Crippen LogP) is 1.73. The van der Waals surface area contributed by atoms with E-state index < -0.39 is 11.9 Å². The van der Waals surface area contributed by atoms with Gasteiger partial charge in [-0.2, -0.15) is 18.3 Å². The van der Waals surface area contributed by atoms with Crippen molar-refractivity contribution in [2.45, 2.75) is 50.5 Å². The predicted molar refractivity (Wildman–Crippen MR) is 89.2 cm³/mol. The van der Waals surface area contributed by atoms with Gasteiger partial charge >= 0.3 is 6.18 Å². The number of rotatable bonds is 4. The Labute approximate surface area is 145 Å². The number of hydrogen-bond donors (Lipinski definition) is 2. The average Bonchev–Trinajstić information content (AvgIpc) is 3.33. The molecule has 6 nitrogen and oxygen atoms in total. The SMILES string of the molecule is CN=C(NCc1cn(C)nc1C(F)(F)F)NC1CCN(C2CC2)CC1. The zero-order valence-electron chi connectivity index (χ0n) is 14.6. The first-order valence-corrected chi connectivity index (χ1v) is 8.67. The second-order valence-corrected chi connectivity index (χ2v) is 6.79. The van der Waals surface area contributed by atoms with Crippen LogP contribution in [-0.4, -0.2) is 52.9 Å². The normalized spacial score (nSPS) is 20.8. The van der Waals surface area contributed by atoms with Crippen LogP contribution in [-0.2, 0) is 19.8 Å². The van der Waals surface area contributed by atoms with Crippen LogP contribution < -0.4 is 10.6 Å². The smallest absolute Gasteiger partial charge is 0.354 e. The second kappa shape index (κ2) is 7.23. The number of guanidine groups is 1. The number of nitrogens with one attached hydrogen (secondary N) is 2. The van der Waals surface area contributed by atoms with Crippen molar-refractivity contribution in [3.05, 3.63) is 17.5 Å². The van der Waals surface area contributed by atoms with Crippen LogP contribution in [0.2, 0.25) is 0 Å². The van der Waals surface area contributed by atoms with E-state index in [2.05, 4.69) is 25.6 Å². The molecule has 2 aliphatic rings. The van der Waals surface area contributed by atoms with E-state index in [1.165, 1.54) is 30.8 Å². The Bertz CT molecular complexity index is 612. The van der Waals surface area contributed by atoms with Crippen LogP contribution in [0.3, 0.4) is 0 Å². The summed E-state index contributed by atoms with van der Waals surface area (Å²) in [7, 11) is 3.11. The number of halogens is 3. The van der Waals surface area contributed by atoms with Crippen LogP contribution in [0.1, 0.15) is 36.9 Å². The van der Waals surface area contributed by atoms with Crippen LogP contribution in [0, 0.1) is 0 Å². The van der Waals surface area contributed by atoms with Gasteiger partial charge < -0.3 is 15.5 Å². The Hall–Kier alpha value is -1.77. The lowest BCUT2D eigenvalue weighted by Crippen LogP contribution is -2.48. The quantitative estimate of drug-likeness (QED) is 0.636. The molecule has 2 fully saturated rings. The topological polar surface area (TPSA) is 57.5 Å². The lowest BCUT2D eigenvalue weighted by molar-refractivity contribution is -0.142. The number of likely N-dealkylation sites (tertiary alicyclic amines) is 1. The number of nitrogens with zero attached hydrogens (tertiary/aromatic N) is 4. The van der Waals surface area contributed by atoms with Crippen molar-refractivity contribution >= 4 is 5.96 Å². The Kier molecular flexibility index (Phi) is 5.21. The molecule has 1 aromatic heterocycles. The molecule has 0 unspecified atom stereocenters. The first-order valence-electron chi connectivity index (χ1n) is 8.67. The van der Waals surface area contributed by atoms with Gasteiger partial charge in [-0.05, 0) is 25.7 Å². The number of piperidine rings is 1. The van der Waals surface area contributed by atoms with Crippen molar-refractivity contribution in [3.63, 3.8) is 0 Å². The second-order valence-electron chi connectivity index (χ2n) is 6.79. The number of alkyl halides is 3. The summed E-state index contributed by atoms with van der Waals surface area (Å²) >= 11 is 0. The lowest BCUT2D eigenvalue weighted by atomic mass is 10.1. The van der Waals surface area contributed by atoms with Crippen molar-refractivity contribution in [2.24, 2.45) is 12.0 Å². The monoisotopic (exact) mass is 358 g/mol. The lowest BCUT2D eigenvalue weighted by Gasteiger charge is -2.33. The largest absolute Gasteiger partial charge is 0.435 e. The van der Waals surface area contributed by atoms with Crippen molar-refractivity contribution < 1.29 is 13.2 Å². The molecule has 0 atom stereocenters. The summed E-state index contributed by atoms with van der Waals surface area (Å²) in [6, 6.07) is 1.09. The Morgan fingerprint density at radius 2 is 1.96 bits per heavy atom. The van der Waals surface area contributed by atoms with Crippen LogP contribution >= 0.6 is 0 Å². The van der Waals surface area contributed by atoms with Gasteiger partial charge in [0.1, 0.15) is 0 Å². The summed E-state index contributed by atoms with van der Waals surface area (Å²) in [6.45, 7) is 2.17. The maximum absolute atomic E-state index is 13.0. The molecule has 1 aliphatic carbocycles. The fourth-order valence-electron chi connectivity index (χ4n) is 3.32. The minimum Gasteiger partial charge on any atom is -0.354 e. The molecule has 2 N–H and O–H groups in total. The number of aryl methyl sites for hydroxylation is 1. The van der Waals surface area contributed by atoms with Gasteiger partial charge in [0.05, 0.1) is 0 Å². The maximum Gasteiger partial charge on any atom is 0.435 e. The minimum absolute atomic E-state index is 0.0310. The van der Waals surface area contributed by atoms with Crippen LogP contribution in [0.5, 0.6) is 0 Å². The summed E-state index contributed by atoms with van der Waals surface area (Å²) in [5.41, 5.74) is -0.739. The molecule has 1 saturated carbocycles. The fraction of sp³-hybridized carbons (Fsp3) is 0.750. The van der Waals surface area contributed by atoms with Gasteiger partial charge in [0.15, 0.2) is 11.7 Å². The molecular formula is C16H25F3N6. The number of aliphatic imine (C=N–C) groups is 1. The molecule has 0 spiro atoms. The summed E-state index contributed by atoms with van der Waals surface area (Å²) in [5.74, 6) is 0.529. The van der Waals surface area contributed by atoms with Crippen molar-refractivity contribution in [2.75, 3.05) is 20.1 Å². The fourth-order valence-corrected chi connectivity index (χ4v) is 3.32. The first-order chi connectivity index (χ1) is 11.9. The molecule has 0 aromatic carbocycles. The van der Waals surface area contributed by atoms with Crippen molar-refractivity contribution in [3.8, 4) is 0 Å². The van der Waals surface area contributed by atoms with E-state index in [-0.39, 0.29) is 12.1 Å². The van der Waals surface area contributed by atoms with Gasteiger partial charge in [-0.25, -0.2) is 0 Å². The van der Waals surface area contributed by atoms with E-state index in [1.54, 1.807) is 7.05 Å². The third-order valence-corrected chi connectivity index (χ3v) is 4.78. The van der Waals surface area contributed by atoms with Crippen LogP contribution in [0.15, 0.2) is 11.2 Å². The maximum atomic E-state index is 13.0. The highest BCUT2D eigenvalue weighted by molar-refractivity contribution is 5.80. The molecule has 1 saturated heterocycles. The molecule has 1 aromatic rings. The van der Waals surface area contributed by atoms with E-state index in [1.807, 2.05) is 0 Å². The molecule has 140 valence electrons. The molecule has 0 radical (unpaired) electrons. The van der Waals surface area contributed by atoms with Crippen LogP contribution in [0.25, 0.3) is 0 Å². The highest BCUT2D eigenvalue weighted by atomic mass is 19.4. The van der Waals surface area contributed by atoms with Gasteiger partial charge in [-0.15, -0.1) is 0 Å². The van der Waals surface area contributed by atoms with Crippen molar-refractivity contribution in [1.29, 1.82) is 0 Å².